The fourth-order valence-electron chi connectivity index (χ4n) is 4.94. The number of halogens is 4. The molecule has 0 N–H and O–H groups in total. The number of para-hydroxylation sites is 2. The molecule has 0 bridgehead atoms. The van der Waals surface area contributed by atoms with E-state index in [2.05, 4.69) is 10.1 Å². The molecule has 1 amide bonds. The molecule has 0 radical (unpaired) electrons. The van der Waals surface area contributed by atoms with Crippen molar-refractivity contribution in [3.8, 4) is 17.1 Å². The molecule has 39 heavy (non-hydrogen) atoms. The molecule has 7 nitrogen and oxygen atoms in total. The Morgan fingerprint density at radius 1 is 0.974 bits per heavy atom. The zero-order valence-electron chi connectivity index (χ0n) is 20.6. The van der Waals surface area contributed by atoms with E-state index in [0.717, 1.165) is 4.68 Å². The van der Waals surface area contributed by atoms with Gasteiger partial charge < -0.3 is 9.64 Å². The van der Waals surface area contributed by atoms with Crippen molar-refractivity contribution in [2.24, 2.45) is 0 Å². The van der Waals surface area contributed by atoms with E-state index in [4.69, 9.17) is 4.74 Å². The summed E-state index contributed by atoms with van der Waals surface area (Å²) in [4.78, 5) is 19.4. The van der Waals surface area contributed by atoms with E-state index >= 15 is 4.39 Å². The van der Waals surface area contributed by atoms with Gasteiger partial charge in [-0.1, -0.05) is 12.1 Å². The number of aromatic nitrogens is 4. The summed E-state index contributed by atoms with van der Waals surface area (Å²) in [5, 5.41) is 3.82. The maximum atomic E-state index is 15.4. The molecule has 0 spiro atoms. The van der Waals surface area contributed by atoms with Gasteiger partial charge in [-0.05, 0) is 67.4 Å². The van der Waals surface area contributed by atoms with Gasteiger partial charge in [-0.2, -0.15) is 18.3 Å². The van der Waals surface area contributed by atoms with Gasteiger partial charge in [0.15, 0.2) is 5.69 Å². The maximum absolute atomic E-state index is 15.4. The fraction of sp³-hybridized carbons (Fsp3) is 0.179. The first-order valence-electron chi connectivity index (χ1n) is 12.1. The minimum atomic E-state index is -4.75. The fourth-order valence-corrected chi connectivity index (χ4v) is 4.94. The Morgan fingerprint density at radius 3 is 2.44 bits per heavy atom. The molecule has 5 aromatic rings. The number of amides is 1. The molecule has 0 aliphatic carbocycles. The van der Waals surface area contributed by atoms with Crippen molar-refractivity contribution in [2.45, 2.75) is 19.0 Å². The average Bonchev–Trinajstić information content (AvgIpc) is 3.49. The van der Waals surface area contributed by atoms with Crippen LogP contribution in [0.5, 0.6) is 5.75 Å². The molecule has 11 heteroatoms. The van der Waals surface area contributed by atoms with Gasteiger partial charge >= 0.3 is 6.18 Å². The molecule has 0 unspecified atom stereocenters. The molecule has 0 atom stereocenters. The zero-order chi connectivity index (χ0) is 27.3. The van der Waals surface area contributed by atoms with E-state index < -0.39 is 23.6 Å². The van der Waals surface area contributed by atoms with Crippen LogP contribution < -0.4 is 9.64 Å². The van der Waals surface area contributed by atoms with Crippen LogP contribution in [-0.4, -0.2) is 38.9 Å². The number of methoxy groups -OCH3 is 1. The molecule has 3 aromatic carbocycles. The number of rotatable bonds is 4. The Labute approximate surface area is 219 Å². The Balaban J connectivity index is 1.43. The van der Waals surface area contributed by atoms with Crippen LogP contribution in [0.2, 0.25) is 0 Å². The minimum absolute atomic E-state index is 0.00976. The average molecular weight is 536 g/mol. The van der Waals surface area contributed by atoms with Crippen molar-refractivity contribution >= 4 is 22.6 Å². The number of hydrogen-bond donors (Lipinski definition) is 0. The van der Waals surface area contributed by atoms with Crippen molar-refractivity contribution in [3.05, 3.63) is 95.8 Å². The van der Waals surface area contributed by atoms with Gasteiger partial charge in [0, 0.05) is 17.8 Å². The van der Waals surface area contributed by atoms with Gasteiger partial charge in [0.1, 0.15) is 23.6 Å². The second kappa shape index (κ2) is 9.26. The van der Waals surface area contributed by atoms with E-state index in [9.17, 15) is 18.0 Å². The Hall–Kier alpha value is -4.67. The largest absolute Gasteiger partial charge is 0.497 e. The third-order valence-electron chi connectivity index (χ3n) is 6.78. The lowest BCUT2D eigenvalue weighted by Gasteiger charge is -2.22. The van der Waals surface area contributed by atoms with Crippen LogP contribution in [0.25, 0.3) is 22.4 Å². The number of imidazole rings is 1. The number of nitrogens with zero attached hydrogens (tertiary/aromatic N) is 5. The Bertz CT molecular complexity index is 1710. The van der Waals surface area contributed by atoms with Crippen LogP contribution in [0.3, 0.4) is 0 Å². The Morgan fingerprint density at radius 2 is 1.72 bits per heavy atom. The standard InChI is InChI=1S/C28H21F4N5O2/c1-39-19-11-8-17(9-12-19)37-25-20(26(34-37)28(30,31)32)5-4-14-35(27(25)38)18-10-13-23(21(29)15-18)36-16-33-22-6-2-3-7-24(22)36/h2-3,6-13,15-16H,4-5,14H2,1H3. The highest BCUT2D eigenvalue weighted by molar-refractivity contribution is 6.07. The summed E-state index contributed by atoms with van der Waals surface area (Å²) in [6.07, 6.45) is -3.01. The van der Waals surface area contributed by atoms with Gasteiger partial charge in [-0.3, -0.25) is 9.36 Å². The van der Waals surface area contributed by atoms with E-state index in [1.807, 2.05) is 24.3 Å². The van der Waals surface area contributed by atoms with Crippen molar-refractivity contribution in [3.63, 3.8) is 0 Å². The van der Waals surface area contributed by atoms with Gasteiger partial charge in [0.2, 0.25) is 0 Å². The number of ether oxygens (including phenoxy) is 1. The van der Waals surface area contributed by atoms with Crippen LogP contribution in [0.4, 0.5) is 23.2 Å². The number of carbonyl (C=O) groups is 1. The summed E-state index contributed by atoms with van der Waals surface area (Å²) in [6, 6.07) is 17.8. The number of benzene rings is 3. The summed E-state index contributed by atoms with van der Waals surface area (Å²) in [7, 11) is 1.47. The van der Waals surface area contributed by atoms with Gasteiger partial charge in [0.05, 0.1) is 29.5 Å². The van der Waals surface area contributed by atoms with Gasteiger partial charge in [-0.25, -0.2) is 14.1 Å². The van der Waals surface area contributed by atoms with E-state index in [0.29, 0.717) is 16.8 Å². The second-order valence-corrected chi connectivity index (χ2v) is 9.08. The zero-order valence-corrected chi connectivity index (χ0v) is 20.6. The molecule has 198 valence electrons. The van der Waals surface area contributed by atoms with E-state index in [1.165, 1.54) is 42.6 Å². The predicted molar refractivity (Wildman–Crippen MR) is 136 cm³/mol. The van der Waals surface area contributed by atoms with Crippen molar-refractivity contribution in [2.75, 3.05) is 18.6 Å². The van der Waals surface area contributed by atoms with Gasteiger partial charge in [-0.15, -0.1) is 0 Å². The summed E-state index contributed by atoms with van der Waals surface area (Å²) in [5.41, 5.74) is 0.671. The second-order valence-electron chi connectivity index (χ2n) is 9.08. The molecule has 0 saturated heterocycles. The third kappa shape index (κ3) is 4.19. The van der Waals surface area contributed by atoms with Crippen molar-refractivity contribution in [1.82, 2.24) is 19.3 Å². The van der Waals surface area contributed by atoms with Crippen LogP contribution in [0, 0.1) is 5.82 Å². The number of carbonyl (C=O) groups excluding carboxylic acids is 1. The predicted octanol–water partition coefficient (Wildman–Crippen LogP) is 5.97. The summed E-state index contributed by atoms with van der Waals surface area (Å²) < 4.78 is 65.1. The van der Waals surface area contributed by atoms with Crippen LogP contribution in [0.1, 0.15) is 28.2 Å². The molecular weight excluding hydrogens is 514 g/mol. The normalized spacial score (nSPS) is 14.0. The molecule has 1 aliphatic heterocycles. The molecule has 3 heterocycles. The highest BCUT2D eigenvalue weighted by atomic mass is 19.4. The smallest absolute Gasteiger partial charge is 0.435 e. The highest BCUT2D eigenvalue weighted by Gasteiger charge is 2.42. The first-order valence-corrected chi connectivity index (χ1v) is 12.1. The quantitative estimate of drug-likeness (QED) is 0.266. The summed E-state index contributed by atoms with van der Waals surface area (Å²) >= 11 is 0. The lowest BCUT2D eigenvalue weighted by molar-refractivity contribution is -0.141. The lowest BCUT2D eigenvalue weighted by Crippen LogP contribution is -2.32. The summed E-state index contributed by atoms with van der Waals surface area (Å²) in [6.45, 7) is 0.111. The monoisotopic (exact) mass is 535 g/mol. The number of anilines is 1. The molecule has 2 aromatic heterocycles. The molecule has 1 aliphatic rings. The van der Waals surface area contributed by atoms with Crippen LogP contribution in [0.15, 0.2) is 73.1 Å². The first-order chi connectivity index (χ1) is 18.8. The first kappa shape index (κ1) is 24.7. The number of hydrogen-bond acceptors (Lipinski definition) is 4. The minimum Gasteiger partial charge on any atom is -0.497 e. The highest BCUT2D eigenvalue weighted by Crippen LogP contribution is 2.37. The van der Waals surface area contributed by atoms with Gasteiger partial charge in [0.25, 0.3) is 5.91 Å². The molecular formula is C28H21F4N5O2. The Kier molecular flexibility index (Phi) is 5.86. The SMILES string of the molecule is COc1ccc(-n2nc(C(F)(F)F)c3c2C(=O)N(c2ccc(-n4cnc5ccccc54)c(F)c2)CCC3)cc1. The topological polar surface area (TPSA) is 65.2 Å². The molecule has 6 rings (SSSR count). The molecule has 0 fully saturated rings. The third-order valence-corrected chi connectivity index (χ3v) is 6.78. The summed E-state index contributed by atoms with van der Waals surface area (Å²) in [5.74, 6) is -0.795. The number of alkyl halides is 3. The van der Waals surface area contributed by atoms with Crippen molar-refractivity contribution in [1.29, 1.82) is 0 Å². The van der Waals surface area contributed by atoms with E-state index in [1.54, 1.807) is 22.8 Å². The number of fused-ring (bicyclic) bond motifs is 2. The van der Waals surface area contributed by atoms with Crippen LogP contribution >= 0.6 is 0 Å². The lowest BCUT2D eigenvalue weighted by atomic mass is 10.1. The van der Waals surface area contributed by atoms with Crippen LogP contribution in [-0.2, 0) is 12.6 Å². The molecule has 0 saturated carbocycles. The van der Waals surface area contributed by atoms with Crippen molar-refractivity contribution < 1.29 is 27.1 Å². The maximum Gasteiger partial charge on any atom is 0.435 e. The van der Waals surface area contributed by atoms with E-state index in [-0.39, 0.29) is 47.7 Å².